The van der Waals surface area contributed by atoms with Gasteiger partial charge in [0.15, 0.2) is 5.82 Å². The summed E-state index contributed by atoms with van der Waals surface area (Å²) in [6, 6.07) is 2.98. The zero-order chi connectivity index (χ0) is 15.2. The smallest absolute Gasteiger partial charge is 0.328 e. The maximum absolute atomic E-state index is 11.8. The zero-order valence-corrected chi connectivity index (χ0v) is 12.3. The van der Waals surface area contributed by atoms with E-state index in [1.54, 1.807) is 24.4 Å². The molecule has 0 fully saturated rings. The summed E-state index contributed by atoms with van der Waals surface area (Å²) in [6.07, 6.45) is 4.56. The number of nitrogens with one attached hydrogen (secondary N) is 1. The van der Waals surface area contributed by atoms with Gasteiger partial charge in [0, 0.05) is 6.20 Å². The molecule has 21 heavy (non-hydrogen) atoms. The Hall–Kier alpha value is -2.21. The molecule has 0 spiro atoms. The van der Waals surface area contributed by atoms with Crippen molar-refractivity contribution in [1.29, 1.82) is 0 Å². The van der Waals surface area contributed by atoms with Crippen molar-refractivity contribution < 1.29 is 9.53 Å². The van der Waals surface area contributed by atoms with E-state index in [-0.39, 0.29) is 11.3 Å². The van der Waals surface area contributed by atoms with Gasteiger partial charge in [-0.15, -0.1) is 6.58 Å². The minimum absolute atomic E-state index is 0.0883. The van der Waals surface area contributed by atoms with E-state index in [2.05, 4.69) is 26.8 Å². The normalized spacial score (nSPS) is 11.9. The summed E-state index contributed by atoms with van der Waals surface area (Å²) in [6.45, 7) is 3.65. The number of allylic oxidation sites excluding steroid dienone is 1. The van der Waals surface area contributed by atoms with Gasteiger partial charge in [-0.05, 0) is 36.6 Å². The Morgan fingerprint density at radius 3 is 3.10 bits per heavy atom. The number of rotatable bonds is 6. The van der Waals surface area contributed by atoms with E-state index >= 15 is 0 Å². The van der Waals surface area contributed by atoms with Crippen molar-refractivity contribution >= 4 is 34.4 Å². The third-order valence-corrected chi connectivity index (χ3v) is 3.05. The van der Waals surface area contributed by atoms with E-state index in [1.165, 1.54) is 7.11 Å². The summed E-state index contributed by atoms with van der Waals surface area (Å²) in [7, 11) is 1.34. The lowest BCUT2D eigenvalue weighted by Gasteiger charge is -2.17. The summed E-state index contributed by atoms with van der Waals surface area (Å²) >= 11 is 5.90. The van der Waals surface area contributed by atoms with Gasteiger partial charge >= 0.3 is 5.97 Å². The van der Waals surface area contributed by atoms with Crippen LogP contribution < -0.4 is 5.32 Å². The van der Waals surface area contributed by atoms with Crippen LogP contribution in [0.2, 0.25) is 5.28 Å². The van der Waals surface area contributed by atoms with Gasteiger partial charge < -0.3 is 10.1 Å². The standard InChI is InChI=1S/C14H15ClN4O2/c1-3-4-6-10(13(20)21-2)17-12-11-9(7-5-8-16-11)18-14(15)19-12/h3,5,7-8,10H,1,4,6H2,2H3,(H,17,18,19)/t10-/m1/s1. The number of pyridine rings is 1. The molecule has 0 aliphatic heterocycles. The molecule has 2 rings (SSSR count). The van der Waals surface area contributed by atoms with Gasteiger partial charge in [-0.1, -0.05) is 6.08 Å². The number of aromatic nitrogens is 3. The van der Waals surface area contributed by atoms with Gasteiger partial charge in [0.25, 0.3) is 0 Å². The maximum atomic E-state index is 11.8. The van der Waals surface area contributed by atoms with Crippen molar-refractivity contribution in [3.63, 3.8) is 0 Å². The molecule has 1 atom stereocenters. The highest BCUT2D eigenvalue weighted by molar-refractivity contribution is 6.28. The first-order chi connectivity index (χ1) is 10.2. The molecule has 0 radical (unpaired) electrons. The van der Waals surface area contributed by atoms with Gasteiger partial charge in [-0.25, -0.2) is 9.78 Å². The first-order valence-electron chi connectivity index (χ1n) is 6.39. The van der Waals surface area contributed by atoms with E-state index < -0.39 is 6.04 Å². The van der Waals surface area contributed by atoms with Gasteiger partial charge in [-0.2, -0.15) is 4.98 Å². The highest BCUT2D eigenvalue weighted by atomic mass is 35.5. The average molecular weight is 307 g/mol. The second-order valence-corrected chi connectivity index (χ2v) is 4.64. The van der Waals surface area contributed by atoms with E-state index in [0.717, 1.165) is 0 Å². The van der Waals surface area contributed by atoms with Crippen LogP contribution in [0.1, 0.15) is 12.8 Å². The molecule has 2 aromatic heterocycles. The van der Waals surface area contributed by atoms with E-state index in [0.29, 0.717) is 29.7 Å². The lowest BCUT2D eigenvalue weighted by molar-refractivity contribution is -0.141. The molecule has 0 aliphatic rings. The number of methoxy groups -OCH3 is 1. The topological polar surface area (TPSA) is 77.0 Å². The molecule has 0 aliphatic carbocycles. The molecule has 0 saturated carbocycles. The maximum Gasteiger partial charge on any atom is 0.328 e. The third kappa shape index (κ3) is 3.66. The van der Waals surface area contributed by atoms with E-state index in [9.17, 15) is 4.79 Å². The Morgan fingerprint density at radius 1 is 1.57 bits per heavy atom. The summed E-state index contributed by atoms with van der Waals surface area (Å²) in [5.41, 5.74) is 1.15. The zero-order valence-electron chi connectivity index (χ0n) is 11.5. The fourth-order valence-electron chi connectivity index (χ4n) is 1.88. The van der Waals surface area contributed by atoms with Crippen LogP contribution in [-0.2, 0) is 9.53 Å². The molecular formula is C14H15ClN4O2. The molecule has 2 heterocycles. The number of carbonyl (C=O) groups is 1. The first-order valence-corrected chi connectivity index (χ1v) is 6.77. The van der Waals surface area contributed by atoms with E-state index in [4.69, 9.17) is 16.3 Å². The van der Waals surface area contributed by atoms with Crippen LogP contribution in [0.15, 0.2) is 31.0 Å². The molecule has 0 saturated heterocycles. The van der Waals surface area contributed by atoms with Crippen molar-refractivity contribution in [2.45, 2.75) is 18.9 Å². The van der Waals surface area contributed by atoms with Crippen LogP contribution in [0.4, 0.5) is 5.82 Å². The van der Waals surface area contributed by atoms with Crippen LogP contribution in [-0.4, -0.2) is 34.1 Å². The Labute approximate surface area is 127 Å². The number of ether oxygens (including phenoxy) is 1. The van der Waals surface area contributed by atoms with E-state index in [1.807, 2.05) is 0 Å². The lowest BCUT2D eigenvalue weighted by Crippen LogP contribution is -2.31. The molecule has 0 unspecified atom stereocenters. The lowest BCUT2D eigenvalue weighted by atomic mass is 10.1. The molecule has 2 aromatic rings. The van der Waals surface area contributed by atoms with Crippen LogP contribution in [0.3, 0.4) is 0 Å². The predicted octanol–water partition coefficient (Wildman–Crippen LogP) is 2.60. The Bertz CT molecular complexity index is 662. The molecular weight excluding hydrogens is 292 g/mol. The predicted molar refractivity (Wildman–Crippen MR) is 81.2 cm³/mol. The summed E-state index contributed by atoms with van der Waals surface area (Å²) in [4.78, 5) is 24.3. The Kier molecular flexibility index (Phi) is 5.05. The van der Waals surface area contributed by atoms with Crippen molar-refractivity contribution in [3.05, 3.63) is 36.3 Å². The number of halogens is 1. The molecule has 110 valence electrons. The molecule has 0 amide bonds. The highest BCUT2D eigenvalue weighted by Gasteiger charge is 2.20. The van der Waals surface area contributed by atoms with Crippen molar-refractivity contribution in [1.82, 2.24) is 15.0 Å². The fourth-order valence-corrected chi connectivity index (χ4v) is 2.06. The van der Waals surface area contributed by atoms with Gasteiger partial charge in [0.1, 0.15) is 11.6 Å². The Balaban J connectivity index is 2.35. The van der Waals surface area contributed by atoms with Gasteiger partial charge in [-0.3, -0.25) is 4.98 Å². The number of hydrogen-bond acceptors (Lipinski definition) is 6. The number of anilines is 1. The summed E-state index contributed by atoms with van der Waals surface area (Å²) in [5.74, 6) is 0.0285. The molecule has 7 heteroatoms. The third-order valence-electron chi connectivity index (χ3n) is 2.88. The largest absolute Gasteiger partial charge is 0.467 e. The van der Waals surface area contributed by atoms with Crippen molar-refractivity contribution in [2.75, 3.05) is 12.4 Å². The molecule has 1 N–H and O–H groups in total. The number of fused-ring (bicyclic) bond motifs is 1. The monoisotopic (exact) mass is 306 g/mol. The number of nitrogens with zero attached hydrogens (tertiary/aromatic N) is 3. The van der Waals surface area contributed by atoms with Crippen LogP contribution >= 0.6 is 11.6 Å². The average Bonchev–Trinajstić information content (AvgIpc) is 2.50. The summed E-state index contributed by atoms with van der Waals surface area (Å²) < 4.78 is 4.79. The number of esters is 1. The van der Waals surface area contributed by atoms with Crippen LogP contribution in [0.25, 0.3) is 11.0 Å². The fraction of sp³-hybridized carbons (Fsp3) is 0.286. The van der Waals surface area contributed by atoms with Crippen molar-refractivity contribution in [2.24, 2.45) is 0 Å². The highest BCUT2D eigenvalue weighted by Crippen LogP contribution is 2.21. The van der Waals surface area contributed by atoms with Crippen LogP contribution in [0, 0.1) is 0 Å². The second kappa shape index (κ2) is 6.99. The molecule has 0 aromatic carbocycles. The second-order valence-electron chi connectivity index (χ2n) is 4.30. The minimum atomic E-state index is -0.552. The summed E-state index contributed by atoms with van der Waals surface area (Å²) in [5, 5.41) is 3.12. The number of hydrogen-bond donors (Lipinski definition) is 1. The molecule has 0 bridgehead atoms. The molecule has 6 nitrogen and oxygen atoms in total. The quantitative estimate of drug-likeness (QED) is 0.502. The SMILES string of the molecule is C=CCC[C@@H](Nc1nc(Cl)nc2cccnc12)C(=O)OC. The first kappa shape index (κ1) is 15.2. The van der Waals surface area contributed by atoms with Gasteiger partial charge in [0.2, 0.25) is 5.28 Å². The van der Waals surface area contributed by atoms with Gasteiger partial charge in [0.05, 0.1) is 12.6 Å². The Morgan fingerprint density at radius 2 is 2.38 bits per heavy atom. The van der Waals surface area contributed by atoms with Crippen LogP contribution in [0.5, 0.6) is 0 Å². The number of carbonyl (C=O) groups excluding carboxylic acids is 1. The minimum Gasteiger partial charge on any atom is -0.467 e. The van der Waals surface area contributed by atoms with Crippen molar-refractivity contribution in [3.8, 4) is 0 Å².